The third-order valence-electron chi connectivity index (χ3n) is 1.82. The highest BCUT2D eigenvalue weighted by molar-refractivity contribution is 5.78. The highest BCUT2D eigenvalue weighted by Crippen LogP contribution is 2.19. The van der Waals surface area contributed by atoms with Crippen LogP contribution in [0.1, 0.15) is 33.1 Å². The van der Waals surface area contributed by atoms with Crippen LogP contribution in [0, 0.1) is 0 Å². The van der Waals surface area contributed by atoms with Gasteiger partial charge < -0.3 is 4.74 Å². The van der Waals surface area contributed by atoms with Crippen molar-refractivity contribution < 1.29 is 4.74 Å². The number of unbranched alkanes of at least 4 members (excludes halogenated alkanes) is 1. The van der Waals surface area contributed by atoms with E-state index < -0.39 is 0 Å². The molecule has 0 aromatic rings. The molecule has 0 aliphatic carbocycles. The van der Waals surface area contributed by atoms with Gasteiger partial charge >= 0.3 is 0 Å². The van der Waals surface area contributed by atoms with Crippen LogP contribution in [0.3, 0.4) is 0 Å². The Kier molecular flexibility index (Phi) is 2.90. The number of ether oxygens (including phenoxy) is 1. The van der Waals surface area contributed by atoms with Gasteiger partial charge in [0, 0.05) is 6.42 Å². The van der Waals surface area contributed by atoms with E-state index in [9.17, 15) is 0 Å². The molecule has 0 amide bonds. The quantitative estimate of drug-likeness (QED) is 0.466. The molecule has 0 aromatic heterocycles. The Bertz CT molecular complexity index is 194. The Hall–Kier alpha value is -0.790. The molecule has 12 heavy (non-hydrogen) atoms. The third kappa shape index (κ3) is 2.68. The van der Waals surface area contributed by atoms with Gasteiger partial charge in [-0.25, -0.2) is 4.99 Å². The fraction of sp³-hybridized carbons (Fsp3) is 0.700. The zero-order chi connectivity index (χ0) is 9.03. The minimum absolute atomic E-state index is 0.00348. The zero-order valence-electron chi connectivity index (χ0n) is 7.97. The van der Waals surface area contributed by atoms with Crippen LogP contribution in [0.2, 0.25) is 0 Å². The van der Waals surface area contributed by atoms with Gasteiger partial charge in [-0.05, 0) is 26.7 Å². The van der Waals surface area contributed by atoms with Crippen LogP contribution in [0.5, 0.6) is 0 Å². The Balaban J connectivity index is 2.30. The molecule has 0 fully saturated rings. The summed E-state index contributed by atoms with van der Waals surface area (Å²) in [5.41, 5.74) is 0.00348. The number of allylic oxidation sites excluding steroid dienone is 1. The number of rotatable bonds is 4. The van der Waals surface area contributed by atoms with Gasteiger partial charge in [0.05, 0.1) is 5.54 Å². The monoisotopic (exact) mass is 167 g/mol. The number of aliphatic imine (C=N–C) groups is 1. The average molecular weight is 167 g/mol. The van der Waals surface area contributed by atoms with E-state index in [0.717, 1.165) is 31.8 Å². The Morgan fingerprint density at radius 3 is 2.92 bits per heavy atom. The average Bonchev–Trinajstić information content (AvgIpc) is 2.31. The number of hydrogen-bond acceptors (Lipinski definition) is 2. The van der Waals surface area contributed by atoms with Crippen molar-refractivity contribution in [2.45, 2.75) is 38.6 Å². The molecule has 1 heterocycles. The van der Waals surface area contributed by atoms with Crippen LogP contribution < -0.4 is 0 Å². The first-order valence-corrected chi connectivity index (χ1v) is 4.46. The van der Waals surface area contributed by atoms with Gasteiger partial charge in [0.15, 0.2) is 5.90 Å². The Morgan fingerprint density at radius 1 is 1.67 bits per heavy atom. The second-order valence-corrected chi connectivity index (χ2v) is 3.79. The van der Waals surface area contributed by atoms with Crippen LogP contribution >= 0.6 is 0 Å². The van der Waals surface area contributed by atoms with E-state index in [4.69, 9.17) is 4.74 Å². The normalized spacial score (nSPS) is 20.0. The molecule has 0 unspecified atom stereocenters. The van der Waals surface area contributed by atoms with Gasteiger partial charge in [0.25, 0.3) is 0 Å². The first kappa shape index (κ1) is 9.30. The standard InChI is InChI=1S/C10H17NO/c1-4-5-6-7-9-11-10(2,3)8-12-9/h4H,1,5-8H2,2-3H3. The third-order valence-corrected chi connectivity index (χ3v) is 1.82. The van der Waals surface area contributed by atoms with Crippen LogP contribution in [-0.2, 0) is 4.74 Å². The fourth-order valence-corrected chi connectivity index (χ4v) is 1.19. The van der Waals surface area contributed by atoms with E-state index >= 15 is 0 Å². The summed E-state index contributed by atoms with van der Waals surface area (Å²) >= 11 is 0. The fourth-order valence-electron chi connectivity index (χ4n) is 1.19. The molecule has 0 radical (unpaired) electrons. The first-order valence-electron chi connectivity index (χ1n) is 4.46. The van der Waals surface area contributed by atoms with E-state index in [1.165, 1.54) is 0 Å². The zero-order valence-corrected chi connectivity index (χ0v) is 7.97. The topological polar surface area (TPSA) is 21.6 Å². The van der Waals surface area contributed by atoms with E-state index in [-0.39, 0.29) is 5.54 Å². The van der Waals surface area contributed by atoms with Crippen molar-refractivity contribution in [1.82, 2.24) is 0 Å². The molecular weight excluding hydrogens is 150 g/mol. The summed E-state index contributed by atoms with van der Waals surface area (Å²) in [4.78, 5) is 4.45. The van der Waals surface area contributed by atoms with Gasteiger partial charge in [-0.2, -0.15) is 0 Å². The first-order chi connectivity index (χ1) is 5.64. The van der Waals surface area contributed by atoms with E-state index in [0.29, 0.717) is 0 Å². The Morgan fingerprint density at radius 2 is 2.42 bits per heavy atom. The molecule has 1 rings (SSSR count). The molecule has 1 aliphatic heterocycles. The predicted molar refractivity (Wildman–Crippen MR) is 51.5 cm³/mol. The van der Waals surface area contributed by atoms with Crippen LogP contribution in [0.15, 0.2) is 17.6 Å². The van der Waals surface area contributed by atoms with Gasteiger partial charge in [0.2, 0.25) is 0 Å². The van der Waals surface area contributed by atoms with E-state index in [1.54, 1.807) is 0 Å². The summed E-state index contributed by atoms with van der Waals surface area (Å²) in [5, 5.41) is 0. The Labute approximate surface area is 74.3 Å². The highest BCUT2D eigenvalue weighted by Gasteiger charge is 2.25. The van der Waals surface area contributed by atoms with Crippen molar-refractivity contribution in [2.75, 3.05) is 6.61 Å². The summed E-state index contributed by atoms with van der Waals surface area (Å²) < 4.78 is 5.43. The summed E-state index contributed by atoms with van der Waals surface area (Å²) in [6, 6.07) is 0. The summed E-state index contributed by atoms with van der Waals surface area (Å²) in [5.74, 6) is 0.918. The second-order valence-electron chi connectivity index (χ2n) is 3.79. The van der Waals surface area contributed by atoms with Crippen molar-refractivity contribution in [2.24, 2.45) is 4.99 Å². The van der Waals surface area contributed by atoms with Gasteiger partial charge in [-0.1, -0.05) is 6.08 Å². The van der Waals surface area contributed by atoms with E-state index in [2.05, 4.69) is 25.4 Å². The van der Waals surface area contributed by atoms with Gasteiger partial charge in [-0.15, -0.1) is 6.58 Å². The van der Waals surface area contributed by atoms with Crippen molar-refractivity contribution in [3.05, 3.63) is 12.7 Å². The minimum Gasteiger partial charge on any atom is -0.478 e. The van der Waals surface area contributed by atoms with E-state index in [1.807, 2.05) is 6.08 Å². The van der Waals surface area contributed by atoms with Crippen molar-refractivity contribution in [3.8, 4) is 0 Å². The molecule has 0 saturated heterocycles. The maximum Gasteiger partial charge on any atom is 0.183 e. The number of hydrogen-bond donors (Lipinski definition) is 0. The lowest BCUT2D eigenvalue weighted by atomic mass is 10.1. The summed E-state index contributed by atoms with van der Waals surface area (Å²) in [6.07, 6.45) is 5.03. The molecule has 0 N–H and O–H groups in total. The summed E-state index contributed by atoms with van der Waals surface area (Å²) in [7, 11) is 0. The predicted octanol–water partition coefficient (Wildman–Crippen LogP) is 2.55. The highest BCUT2D eigenvalue weighted by atomic mass is 16.5. The molecule has 0 atom stereocenters. The van der Waals surface area contributed by atoms with Crippen LogP contribution in [-0.4, -0.2) is 18.0 Å². The molecular formula is C10H17NO. The van der Waals surface area contributed by atoms with Gasteiger partial charge in [-0.3, -0.25) is 0 Å². The lowest BCUT2D eigenvalue weighted by Gasteiger charge is -2.07. The van der Waals surface area contributed by atoms with Crippen molar-refractivity contribution in [1.29, 1.82) is 0 Å². The largest absolute Gasteiger partial charge is 0.478 e. The molecule has 0 spiro atoms. The molecule has 0 saturated carbocycles. The molecule has 0 aromatic carbocycles. The second kappa shape index (κ2) is 3.74. The van der Waals surface area contributed by atoms with Crippen LogP contribution in [0.4, 0.5) is 0 Å². The molecule has 0 bridgehead atoms. The summed E-state index contributed by atoms with van der Waals surface area (Å²) in [6.45, 7) is 8.59. The lowest BCUT2D eigenvalue weighted by Crippen LogP contribution is -2.17. The van der Waals surface area contributed by atoms with Crippen LogP contribution in [0.25, 0.3) is 0 Å². The SMILES string of the molecule is C=CCCCC1=NC(C)(C)CO1. The molecule has 2 nitrogen and oxygen atoms in total. The molecule has 1 aliphatic rings. The van der Waals surface area contributed by atoms with Gasteiger partial charge in [0.1, 0.15) is 6.61 Å². The molecule has 2 heteroatoms. The lowest BCUT2D eigenvalue weighted by molar-refractivity contribution is 0.273. The van der Waals surface area contributed by atoms with Crippen molar-refractivity contribution in [3.63, 3.8) is 0 Å². The maximum absolute atomic E-state index is 5.43. The molecule has 68 valence electrons. The maximum atomic E-state index is 5.43. The minimum atomic E-state index is 0.00348. The smallest absolute Gasteiger partial charge is 0.183 e. The number of nitrogens with zero attached hydrogens (tertiary/aromatic N) is 1. The van der Waals surface area contributed by atoms with Crippen molar-refractivity contribution >= 4 is 5.90 Å².